The van der Waals surface area contributed by atoms with E-state index in [1.807, 2.05) is 6.92 Å². The topological polar surface area (TPSA) is 40.1 Å². The fraction of sp³-hybridized carbons (Fsp3) is 0.900. The summed E-state index contributed by atoms with van der Waals surface area (Å²) < 4.78 is 0. The molecule has 4 heteroatoms. The van der Waals surface area contributed by atoms with Crippen molar-refractivity contribution in [2.45, 2.75) is 49.4 Å². The van der Waals surface area contributed by atoms with E-state index in [4.69, 9.17) is 8.92 Å². The van der Waals surface area contributed by atoms with E-state index in [0.29, 0.717) is 6.42 Å². The van der Waals surface area contributed by atoms with Gasteiger partial charge in [-0.15, -0.1) is 0 Å². The van der Waals surface area contributed by atoms with Gasteiger partial charge >= 0.3 is 37.4 Å². The van der Waals surface area contributed by atoms with Crippen molar-refractivity contribution in [3.05, 3.63) is 0 Å². The predicted molar refractivity (Wildman–Crippen MR) is 61.6 cm³/mol. The molecule has 0 saturated carbocycles. The van der Waals surface area contributed by atoms with E-state index in [9.17, 15) is 9.90 Å². The summed E-state index contributed by atoms with van der Waals surface area (Å²) in [6.07, 6.45) is 3.52. The van der Waals surface area contributed by atoms with E-state index in [0.717, 1.165) is 19.3 Å². The van der Waals surface area contributed by atoms with Crippen molar-refractivity contribution >= 4 is 33.5 Å². The van der Waals surface area contributed by atoms with Crippen molar-refractivity contribution < 1.29 is 9.90 Å². The van der Waals surface area contributed by atoms with Crippen LogP contribution in [0.15, 0.2) is 0 Å². The number of unbranched alkanes of at least 4 members (excludes halogenated alkanes) is 1. The zero-order valence-electron chi connectivity index (χ0n) is 9.60. The third-order valence-corrected chi connectivity index (χ3v) is 1.73. The van der Waals surface area contributed by atoms with Gasteiger partial charge in [0.25, 0.3) is 0 Å². The molecule has 84 valence electrons. The summed E-state index contributed by atoms with van der Waals surface area (Å²) in [5.41, 5.74) is 0. The summed E-state index contributed by atoms with van der Waals surface area (Å²) in [7, 11) is 5.47. The molecule has 0 aliphatic rings. The molecule has 0 aliphatic carbocycles. The third-order valence-electron chi connectivity index (χ3n) is 1.73. The van der Waals surface area contributed by atoms with E-state index < -0.39 is 24.6 Å². The quantitative estimate of drug-likeness (QED) is 0.728. The Morgan fingerprint density at radius 3 is 2.07 bits per heavy atom. The van der Waals surface area contributed by atoms with Crippen molar-refractivity contribution in [2.75, 3.05) is 0 Å². The first-order valence-corrected chi connectivity index (χ1v) is 14.4. The van der Waals surface area contributed by atoms with Crippen molar-refractivity contribution in [1.82, 2.24) is 0 Å². The molecule has 0 N–H and O–H groups in total. The van der Waals surface area contributed by atoms with Crippen LogP contribution in [0.25, 0.3) is 0 Å². The number of carbonyl (C=O) groups excluding carboxylic acids is 1. The summed E-state index contributed by atoms with van der Waals surface area (Å²) in [6.45, 7) is 3.94. The molecular formula is C10H21ClO2Sn. The second-order valence-corrected chi connectivity index (χ2v) is 13.5. The van der Waals surface area contributed by atoms with Crippen LogP contribution in [0.2, 0.25) is 9.88 Å². The van der Waals surface area contributed by atoms with Crippen LogP contribution in [0.3, 0.4) is 0 Å². The number of carboxylic acids is 1. The third kappa shape index (κ3) is 15.1. The van der Waals surface area contributed by atoms with Crippen LogP contribution >= 0.6 is 8.92 Å². The van der Waals surface area contributed by atoms with Gasteiger partial charge in [0.05, 0.1) is 0 Å². The number of aliphatic carboxylic acids is 1. The molecular weight excluding hydrogens is 306 g/mol. The van der Waals surface area contributed by atoms with Crippen LogP contribution in [0.5, 0.6) is 0 Å². The van der Waals surface area contributed by atoms with Crippen molar-refractivity contribution in [1.29, 1.82) is 0 Å². The van der Waals surface area contributed by atoms with Crippen LogP contribution in [0.4, 0.5) is 0 Å². The molecule has 0 aromatic carbocycles. The Bertz CT molecular complexity index is 137. The summed E-state index contributed by atoms with van der Waals surface area (Å²) in [5.74, 6) is -1.11. The Morgan fingerprint density at radius 1 is 1.43 bits per heavy atom. The monoisotopic (exact) mass is 328 g/mol. The average molecular weight is 327 g/mol. The molecule has 0 heterocycles. The van der Waals surface area contributed by atoms with E-state index >= 15 is 0 Å². The molecule has 2 nitrogen and oxygen atoms in total. The molecule has 1 unspecified atom stereocenters. The van der Waals surface area contributed by atoms with Crippen LogP contribution in [0.1, 0.15) is 39.5 Å². The Hall–Kier alpha value is 0.559. The van der Waals surface area contributed by atoms with Gasteiger partial charge in [0, 0.05) is 5.97 Å². The molecule has 0 spiro atoms. The Labute approximate surface area is 98.5 Å². The van der Waals surface area contributed by atoms with Crippen LogP contribution in [-0.4, -0.2) is 24.6 Å². The van der Waals surface area contributed by atoms with Gasteiger partial charge in [0.15, 0.2) is 0 Å². The fourth-order valence-corrected chi connectivity index (χ4v) is 0.939. The fourth-order valence-electron chi connectivity index (χ4n) is 0.939. The molecule has 0 radical (unpaired) electrons. The molecule has 0 amide bonds. The number of rotatable bonds is 5. The second kappa shape index (κ2) is 11.6. The molecule has 0 aliphatic heterocycles. The number of carboxylic acid groups (broad SMARTS) is 1. The van der Waals surface area contributed by atoms with E-state index in [1.54, 1.807) is 0 Å². The second-order valence-electron chi connectivity index (χ2n) is 3.44. The molecule has 14 heavy (non-hydrogen) atoms. The van der Waals surface area contributed by atoms with Crippen molar-refractivity contribution in [3.8, 4) is 0 Å². The number of hydrogen-bond acceptors (Lipinski definition) is 2. The van der Waals surface area contributed by atoms with E-state index in [-0.39, 0.29) is 5.92 Å². The molecule has 0 aromatic rings. The summed E-state index contributed by atoms with van der Waals surface area (Å²) >= 11 is -1.07. The number of hydrogen-bond donors (Lipinski definition) is 0. The van der Waals surface area contributed by atoms with E-state index in [2.05, 4.69) is 16.8 Å². The van der Waals surface area contributed by atoms with Gasteiger partial charge in [-0.25, -0.2) is 0 Å². The van der Waals surface area contributed by atoms with Gasteiger partial charge < -0.3 is 9.90 Å². The Morgan fingerprint density at radius 2 is 1.86 bits per heavy atom. The Balaban J connectivity index is 0. The minimum atomic E-state index is -1.07. The Kier molecular flexibility index (Phi) is 14.1. The average Bonchev–Trinajstić information content (AvgIpc) is 2.04. The van der Waals surface area contributed by atoms with Crippen LogP contribution < -0.4 is 5.11 Å². The first-order chi connectivity index (χ1) is 6.45. The molecule has 0 bridgehead atoms. The normalized spacial score (nSPS) is 11.2. The van der Waals surface area contributed by atoms with Gasteiger partial charge in [0.2, 0.25) is 0 Å². The minimum absolute atomic E-state index is 0.222. The maximum absolute atomic E-state index is 10.3. The van der Waals surface area contributed by atoms with Gasteiger partial charge in [0.1, 0.15) is 0 Å². The molecule has 0 rings (SSSR count). The molecule has 0 saturated heterocycles. The summed E-state index contributed by atoms with van der Waals surface area (Å²) in [5, 5.41) is 10.3. The van der Waals surface area contributed by atoms with Gasteiger partial charge in [-0.3, -0.25) is 0 Å². The van der Waals surface area contributed by atoms with E-state index in [1.165, 1.54) is 0 Å². The molecule has 0 aromatic heterocycles. The zero-order valence-corrected chi connectivity index (χ0v) is 13.2. The van der Waals surface area contributed by atoms with Crippen LogP contribution in [0, 0.1) is 5.92 Å². The molecule has 0 fully saturated rings. The van der Waals surface area contributed by atoms with Gasteiger partial charge in [-0.2, -0.15) is 0 Å². The number of halogens is 1. The zero-order chi connectivity index (χ0) is 11.6. The first kappa shape index (κ1) is 17.0. The number of carbonyl (C=O) groups is 1. The summed E-state index contributed by atoms with van der Waals surface area (Å²) in [4.78, 5) is 14.6. The summed E-state index contributed by atoms with van der Waals surface area (Å²) in [6, 6.07) is 0. The SMILES string of the molecule is CCCCC(CC)C(=O)[O-].[CH3][Sn+]([CH3])[Cl]. The van der Waals surface area contributed by atoms with Gasteiger partial charge in [-0.1, -0.05) is 26.7 Å². The van der Waals surface area contributed by atoms with Crippen molar-refractivity contribution in [3.63, 3.8) is 0 Å². The predicted octanol–water partition coefficient (Wildman–Crippen LogP) is 2.43. The standard InChI is InChI=1S/C8H16O2.2CH3.ClH.Sn/c1-3-5-6-7(4-2)8(9)10;;;;/h7H,3-6H2,1-2H3,(H,9,10);2*1H3;1H;/q;;;;+2/p-2. The van der Waals surface area contributed by atoms with Gasteiger partial charge in [-0.05, 0) is 18.8 Å². The van der Waals surface area contributed by atoms with Crippen molar-refractivity contribution in [2.24, 2.45) is 5.92 Å². The van der Waals surface area contributed by atoms with Crippen LogP contribution in [-0.2, 0) is 4.79 Å². The maximum atomic E-state index is 10.3. The molecule has 1 atom stereocenters. The first-order valence-electron chi connectivity index (χ1n) is 5.12.